The lowest BCUT2D eigenvalue weighted by Gasteiger charge is -2.24. The van der Waals surface area contributed by atoms with E-state index in [0.29, 0.717) is 10.7 Å². The van der Waals surface area contributed by atoms with Gasteiger partial charge in [0.15, 0.2) is 6.10 Å². The quantitative estimate of drug-likeness (QED) is 0.614. The average molecular weight is 481 g/mol. The van der Waals surface area contributed by atoms with Crippen molar-refractivity contribution in [3.63, 3.8) is 0 Å². The van der Waals surface area contributed by atoms with Gasteiger partial charge in [-0.1, -0.05) is 29.8 Å². The Kier molecular flexibility index (Phi) is 7.24. The summed E-state index contributed by atoms with van der Waals surface area (Å²) in [6.07, 6.45) is -2.36. The van der Waals surface area contributed by atoms with Gasteiger partial charge in [0.05, 0.1) is 21.7 Å². The second-order valence-electron chi connectivity index (χ2n) is 7.77. The van der Waals surface area contributed by atoms with Gasteiger partial charge in [0, 0.05) is 13.0 Å². The van der Waals surface area contributed by atoms with Crippen LogP contribution in [0.5, 0.6) is 0 Å². The molecule has 0 aliphatic carbocycles. The number of esters is 1. The number of halogens is 1. The minimum Gasteiger partial charge on any atom is -0.451 e. The number of benzene rings is 2. The standard InChI is InChI=1S/C22H25ClN2O6S/c1-13-8-9-17(10-14(13)2)32(29,30)25-12-16(26)11-20(25)22(28)31-15(3)21(27)24-19-7-5-4-6-18(19)23/h4-10,15-16,20,26H,11-12H2,1-3H3,(H,24,27)/t15-,16-,20-/m1/s1. The number of hydrogen-bond donors (Lipinski definition) is 2. The van der Waals surface area contributed by atoms with Crippen molar-refractivity contribution in [2.24, 2.45) is 0 Å². The monoisotopic (exact) mass is 480 g/mol. The van der Waals surface area contributed by atoms with Crippen molar-refractivity contribution in [2.75, 3.05) is 11.9 Å². The highest BCUT2D eigenvalue weighted by atomic mass is 35.5. The highest BCUT2D eigenvalue weighted by molar-refractivity contribution is 7.89. The van der Waals surface area contributed by atoms with Crippen LogP contribution in [0.4, 0.5) is 5.69 Å². The summed E-state index contributed by atoms with van der Waals surface area (Å²) in [5, 5.41) is 13.0. The van der Waals surface area contributed by atoms with E-state index >= 15 is 0 Å². The SMILES string of the molecule is Cc1ccc(S(=O)(=O)N2C[C@H](O)C[C@@H]2C(=O)O[C@H](C)C(=O)Nc2ccccc2Cl)cc1C. The predicted octanol–water partition coefficient (Wildman–Crippen LogP) is 2.65. The van der Waals surface area contributed by atoms with Gasteiger partial charge in [0.25, 0.3) is 5.91 Å². The summed E-state index contributed by atoms with van der Waals surface area (Å²) in [5.41, 5.74) is 2.08. The zero-order chi connectivity index (χ0) is 23.6. The van der Waals surface area contributed by atoms with Crippen LogP contribution >= 0.6 is 11.6 Å². The van der Waals surface area contributed by atoms with E-state index in [1.807, 2.05) is 6.92 Å². The summed E-state index contributed by atoms with van der Waals surface area (Å²) in [6, 6.07) is 10.0. The Bertz CT molecular complexity index is 1140. The van der Waals surface area contributed by atoms with E-state index in [1.54, 1.807) is 37.3 Å². The summed E-state index contributed by atoms with van der Waals surface area (Å²) in [7, 11) is -4.06. The molecule has 0 bridgehead atoms. The lowest BCUT2D eigenvalue weighted by Crippen LogP contribution is -2.43. The number of anilines is 1. The smallest absolute Gasteiger partial charge is 0.325 e. The molecule has 0 radical (unpaired) electrons. The van der Waals surface area contributed by atoms with Gasteiger partial charge in [-0.05, 0) is 56.2 Å². The van der Waals surface area contributed by atoms with E-state index in [0.717, 1.165) is 15.4 Å². The minimum absolute atomic E-state index is 0.0250. The van der Waals surface area contributed by atoms with Crippen LogP contribution in [0.1, 0.15) is 24.5 Å². The molecule has 3 atom stereocenters. The Hall–Kier alpha value is -2.46. The van der Waals surface area contributed by atoms with Crippen molar-refractivity contribution in [1.29, 1.82) is 0 Å². The van der Waals surface area contributed by atoms with E-state index < -0.39 is 40.1 Å². The highest BCUT2D eigenvalue weighted by Crippen LogP contribution is 2.29. The lowest BCUT2D eigenvalue weighted by molar-refractivity contribution is -0.156. The summed E-state index contributed by atoms with van der Waals surface area (Å²) >= 11 is 6.02. The van der Waals surface area contributed by atoms with Crippen molar-refractivity contribution >= 4 is 39.2 Å². The van der Waals surface area contributed by atoms with E-state index in [-0.39, 0.29) is 17.9 Å². The van der Waals surface area contributed by atoms with Crippen molar-refractivity contribution in [1.82, 2.24) is 4.31 Å². The molecule has 2 N–H and O–H groups in total. The first-order chi connectivity index (χ1) is 15.0. The molecule has 1 saturated heterocycles. The van der Waals surface area contributed by atoms with Gasteiger partial charge < -0.3 is 15.2 Å². The van der Waals surface area contributed by atoms with E-state index in [4.69, 9.17) is 16.3 Å². The van der Waals surface area contributed by atoms with Crippen LogP contribution in [-0.2, 0) is 24.3 Å². The number of amides is 1. The number of aliphatic hydroxyl groups excluding tert-OH is 1. The number of sulfonamides is 1. The van der Waals surface area contributed by atoms with Gasteiger partial charge in [0.1, 0.15) is 6.04 Å². The maximum Gasteiger partial charge on any atom is 0.325 e. The van der Waals surface area contributed by atoms with Crippen molar-refractivity contribution in [3.8, 4) is 0 Å². The van der Waals surface area contributed by atoms with Gasteiger partial charge in [0.2, 0.25) is 10.0 Å². The fraction of sp³-hybridized carbons (Fsp3) is 0.364. The third kappa shape index (κ3) is 5.12. The molecule has 0 spiro atoms. The molecule has 0 aromatic heterocycles. The highest BCUT2D eigenvalue weighted by Gasteiger charge is 2.45. The molecule has 0 unspecified atom stereocenters. The number of para-hydroxylation sites is 1. The van der Waals surface area contributed by atoms with Crippen molar-refractivity contribution in [2.45, 2.75) is 50.3 Å². The first-order valence-corrected chi connectivity index (χ1v) is 11.9. The number of nitrogens with one attached hydrogen (secondary N) is 1. The van der Waals surface area contributed by atoms with Gasteiger partial charge >= 0.3 is 5.97 Å². The second-order valence-corrected chi connectivity index (χ2v) is 10.1. The first-order valence-electron chi connectivity index (χ1n) is 10.0. The van der Waals surface area contributed by atoms with Gasteiger partial charge in [-0.15, -0.1) is 0 Å². The Morgan fingerprint density at radius 1 is 1.19 bits per heavy atom. The third-order valence-corrected chi connectivity index (χ3v) is 7.58. The average Bonchev–Trinajstić information content (AvgIpc) is 3.14. The maximum atomic E-state index is 13.2. The number of β-amino-alcohol motifs (C(OH)–C–C–N with tert-alkyl or cyclic N) is 1. The van der Waals surface area contributed by atoms with Crippen LogP contribution in [0.15, 0.2) is 47.4 Å². The zero-order valence-electron chi connectivity index (χ0n) is 17.9. The minimum atomic E-state index is -4.06. The van der Waals surface area contributed by atoms with Gasteiger partial charge in [-0.25, -0.2) is 8.42 Å². The Morgan fingerprint density at radius 2 is 1.88 bits per heavy atom. The van der Waals surface area contributed by atoms with Crippen LogP contribution in [0.3, 0.4) is 0 Å². The molecule has 32 heavy (non-hydrogen) atoms. The number of aryl methyl sites for hydroxylation is 2. The van der Waals surface area contributed by atoms with Crippen LogP contribution in [-0.4, -0.2) is 54.5 Å². The summed E-state index contributed by atoms with van der Waals surface area (Å²) in [4.78, 5) is 25.2. The molecular formula is C22H25ClN2O6S. The summed E-state index contributed by atoms with van der Waals surface area (Å²) in [5.74, 6) is -1.52. The molecule has 172 valence electrons. The van der Waals surface area contributed by atoms with E-state index in [9.17, 15) is 23.1 Å². The van der Waals surface area contributed by atoms with E-state index in [2.05, 4.69) is 5.32 Å². The molecule has 2 aromatic rings. The van der Waals surface area contributed by atoms with Gasteiger partial charge in [-0.2, -0.15) is 4.31 Å². The molecule has 10 heteroatoms. The zero-order valence-corrected chi connectivity index (χ0v) is 19.5. The van der Waals surface area contributed by atoms with Crippen molar-refractivity contribution in [3.05, 3.63) is 58.6 Å². The topological polar surface area (TPSA) is 113 Å². The molecule has 1 amide bonds. The van der Waals surface area contributed by atoms with Crippen LogP contribution in [0.2, 0.25) is 5.02 Å². The Labute approximate surface area is 192 Å². The molecule has 2 aromatic carbocycles. The van der Waals surface area contributed by atoms with E-state index in [1.165, 1.54) is 19.1 Å². The second kappa shape index (κ2) is 9.58. The number of ether oxygens (including phenoxy) is 1. The van der Waals surface area contributed by atoms with Crippen LogP contribution < -0.4 is 5.32 Å². The molecule has 1 aliphatic heterocycles. The summed E-state index contributed by atoms with van der Waals surface area (Å²) in [6.45, 7) is 4.78. The fourth-order valence-corrected chi connectivity index (χ4v) is 5.27. The molecule has 1 aliphatic rings. The number of nitrogens with zero attached hydrogens (tertiary/aromatic N) is 1. The van der Waals surface area contributed by atoms with Crippen LogP contribution in [0, 0.1) is 13.8 Å². The number of rotatable bonds is 6. The van der Waals surface area contributed by atoms with Crippen LogP contribution in [0.25, 0.3) is 0 Å². The summed E-state index contributed by atoms with van der Waals surface area (Å²) < 4.78 is 32.5. The largest absolute Gasteiger partial charge is 0.451 e. The molecule has 1 fully saturated rings. The maximum absolute atomic E-state index is 13.2. The number of hydrogen-bond acceptors (Lipinski definition) is 6. The number of carbonyl (C=O) groups excluding carboxylic acids is 2. The molecule has 0 saturated carbocycles. The Morgan fingerprint density at radius 3 is 2.53 bits per heavy atom. The Balaban J connectivity index is 1.75. The van der Waals surface area contributed by atoms with Crippen molar-refractivity contribution < 1.29 is 27.9 Å². The fourth-order valence-electron chi connectivity index (χ4n) is 3.38. The normalized spacial score (nSPS) is 20.0. The first kappa shape index (κ1) is 24.2. The predicted molar refractivity (Wildman–Crippen MR) is 120 cm³/mol. The number of aliphatic hydroxyl groups is 1. The molecule has 8 nitrogen and oxygen atoms in total. The molecular weight excluding hydrogens is 456 g/mol. The third-order valence-electron chi connectivity index (χ3n) is 5.38. The van der Waals surface area contributed by atoms with Gasteiger partial charge in [-0.3, -0.25) is 9.59 Å². The lowest BCUT2D eigenvalue weighted by atomic mass is 10.1. The number of carbonyl (C=O) groups is 2. The molecule has 3 rings (SSSR count). The molecule has 1 heterocycles.